The molecule has 1 aliphatic heterocycles. The number of fused-ring (bicyclic) bond motifs is 3. The molecule has 2 aromatic heterocycles. The fourth-order valence-electron chi connectivity index (χ4n) is 4.43. The van der Waals surface area contributed by atoms with E-state index < -0.39 is 0 Å². The van der Waals surface area contributed by atoms with Crippen molar-refractivity contribution in [2.75, 3.05) is 13.1 Å². The van der Waals surface area contributed by atoms with Gasteiger partial charge < -0.3 is 9.32 Å². The van der Waals surface area contributed by atoms with Crippen LogP contribution >= 0.6 is 0 Å². The molecule has 0 saturated carbocycles. The average Bonchev–Trinajstić information content (AvgIpc) is 3.24. The SMILES string of the molecule is Cc1ncc2c(n1)C1(CCCN(C(=O)c3nc4ccccc4o3)C1)CC2. The molecule has 1 saturated heterocycles. The molecular formula is C20H20N4O2. The Labute approximate surface area is 151 Å². The van der Waals surface area contributed by atoms with E-state index in [0.717, 1.165) is 49.3 Å². The monoisotopic (exact) mass is 348 g/mol. The third kappa shape index (κ3) is 2.32. The first-order chi connectivity index (χ1) is 12.6. The molecule has 1 aromatic carbocycles. The summed E-state index contributed by atoms with van der Waals surface area (Å²) in [5.74, 6) is 0.854. The van der Waals surface area contributed by atoms with E-state index >= 15 is 0 Å². The molecule has 132 valence electrons. The summed E-state index contributed by atoms with van der Waals surface area (Å²) in [7, 11) is 0. The van der Waals surface area contributed by atoms with Gasteiger partial charge in [0.25, 0.3) is 5.89 Å². The summed E-state index contributed by atoms with van der Waals surface area (Å²) in [5.41, 5.74) is 3.68. The van der Waals surface area contributed by atoms with Gasteiger partial charge in [0.1, 0.15) is 11.3 Å². The summed E-state index contributed by atoms with van der Waals surface area (Å²) < 4.78 is 5.69. The molecule has 0 radical (unpaired) electrons. The maximum absolute atomic E-state index is 13.0. The van der Waals surface area contributed by atoms with Crippen LogP contribution in [0.4, 0.5) is 0 Å². The lowest BCUT2D eigenvalue weighted by Gasteiger charge is -2.40. The van der Waals surface area contributed by atoms with Crippen LogP contribution in [-0.4, -0.2) is 38.8 Å². The van der Waals surface area contributed by atoms with Gasteiger partial charge in [0, 0.05) is 24.7 Å². The summed E-state index contributed by atoms with van der Waals surface area (Å²) >= 11 is 0. The van der Waals surface area contributed by atoms with Crippen molar-refractivity contribution in [3.63, 3.8) is 0 Å². The number of hydrogen-bond acceptors (Lipinski definition) is 5. The molecule has 3 aromatic rings. The molecule has 1 aliphatic carbocycles. The van der Waals surface area contributed by atoms with E-state index in [2.05, 4.69) is 9.97 Å². The Morgan fingerprint density at radius 2 is 2.12 bits per heavy atom. The lowest BCUT2D eigenvalue weighted by atomic mass is 9.77. The van der Waals surface area contributed by atoms with E-state index in [1.54, 1.807) is 0 Å². The zero-order valence-corrected chi connectivity index (χ0v) is 14.7. The number of rotatable bonds is 1. The first-order valence-electron chi connectivity index (χ1n) is 9.12. The second-order valence-corrected chi connectivity index (χ2v) is 7.39. The van der Waals surface area contributed by atoms with Crippen LogP contribution in [0.1, 0.15) is 47.0 Å². The van der Waals surface area contributed by atoms with Crippen molar-refractivity contribution < 1.29 is 9.21 Å². The van der Waals surface area contributed by atoms with Crippen LogP contribution in [0.25, 0.3) is 11.1 Å². The first-order valence-corrected chi connectivity index (χ1v) is 9.12. The van der Waals surface area contributed by atoms with Crippen molar-refractivity contribution in [1.29, 1.82) is 0 Å². The standard InChI is InChI=1S/C20H20N4O2/c1-13-21-11-14-7-9-20(17(14)22-13)8-4-10-24(12-20)19(25)18-23-15-5-2-3-6-16(15)26-18/h2-3,5-6,11H,4,7-10,12H2,1H3. The highest BCUT2D eigenvalue weighted by Gasteiger charge is 2.45. The molecule has 5 rings (SSSR count). The molecule has 3 heterocycles. The minimum Gasteiger partial charge on any atom is -0.432 e. The summed E-state index contributed by atoms with van der Waals surface area (Å²) in [6, 6.07) is 7.48. The molecule has 1 amide bonds. The Kier molecular flexibility index (Phi) is 3.35. The van der Waals surface area contributed by atoms with Gasteiger partial charge in [0.2, 0.25) is 0 Å². The van der Waals surface area contributed by atoms with E-state index in [0.29, 0.717) is 12.1 Å². The average molecular weight is 348 g/mol. The predicted octanol–water partition coefficient (Wildman–Crippen LogP) is 3.05. The maximum Gasteiger partial charge on any atom is 0.309 e. The lowest BCUT2D eigenvalue weighted by molar-refractivity contribution is 0.0596. The highest BCUT2D eigenvalue weighted by atomic mass is 16.4. The number of aromatic nitrogens is 3. The molecule has 6 nitrogen and oxygen atoms in total. The fourth-order valence-corrected chi connectivity index (χ4v) is 4.43. The summed E-state index contributed by atoms with van der Waals surface area (Å²) in [6.45, 7) is 3.34. The van der Waals surface area contributed by atoms with E-state index in [-0.39, 0.29) is 17.2 Å². The molecule has 26 heavy (non-hydrogen) atoms. The molecule has 0 bridgehead atoms. The van der Waals surface area contributed by atoms with Gasteiger partial charge in [-0.25, -0.2) is 15.0 Å². The predicted molar refractivity (Wildman–Crippen MR) is 95.9 cm³/mol. The number of para-hydroxylation sites is 2. The minimum atomic E-state index is -0.125. The van der Waals surface area contributed by atoms with Gasteiger partial charge in [-0.05, 0) is 50.3 Å². The topological polar surface area (TPSA) is 72.1 Å². The highest BCUT2D eigenvalue weighted by molar-refractivity contribution is 5.92. The second-order valence-electron chi connectivity index (χ2n) is 7.39. The van der Waals surface area contributed by atoms with Gasteiger partial charge in [-0.15, -0.1) is 0 Å². The molecule has 1 fully saturated rings. The van der Waals surface area contributed by atoms with Crippen LogP contribution in [0.15, 0.2) is 34.9 Å². The molecule has 0 N–H and O–H groups in total. The van der Waals surface area contributed by atoms with Gasteiger partial charge >= 0.3 is 5.91 Å². The quantitative estimate of drug-likeness (QED) is 0.676. The van der Waals surface area contributed by atoms with Gasteiger partial charge in [0.15, 0.2) is 5.58 Å². The second kappa shape index (κ2) is 5.62. The zero-order valence-electron chi connectivity index (χ0n) is 14.7. The Balaban J connectivity index is 1.46. The third-order valence-corrected chi connectivity index (χ3v) is 5.70. The summed E-state index contributed by atoms with van der Waals surface area (Å²) in [4.78, 5) is 28.4. The minimum absolute atomic E-state index is 0.0526. The lowest BCUT2D eigenvalue weighted by Crippen LogP contribution is -2.48. The van der Waals surface area contributed by atoms with Gasteiger partial charge in [-0.1, -0.05) is 12.1 Å². The summed E-state index contributed by atoms with van der Waals surface area (Å²) in [5, 5.41) is 0. The van der Waals surface area contributed by atoms with Crippen molar-refractivity contribution in [1.82, 2.24) is 19.9 Å². The molecule has 2 aliphatic rings. The van der Waals surface area contributed by atoms with Crippen molar-refractivity contribution >= 4 is 17.0 Å². The molecular weight excluding hydrogens is 328 g/mol. The van der Waals surface area contributed by atoms with Gasteiger partial charge in [-0.2, -0.15) is 0 Å². The van der Waals surface area contributed by atoms with Crippen molar-refractivity contribution in [2.45, 2.75) is 38.0 Å². The van der Waals surface area contributed by atoms with Gasteiger partial charge in [-0.3, -0.25) is 4.79 Å². The van der Waals surface area contributed by atoms with E-state index in [9.17, 15) is 4.79 Å². The zero-order chi connectivity index (χ0) is 17.7. The maximum atomic E-state index is 13.0. The Morgan fingerprint density at radius 3 is 3.00 bits per heavy atom. The largest absolute Gasteiger partial charge is 0.432 e. The molecule has 1 spiro atoms. The van der Waals surface area contributed by atoms with Crippen molar-refractivity contribution in [2.24, 2.45) is 0 Å². The number of benzene rings is 1. The number of nitrogens with zero attached hydrogens (tertiary/aromatic N) is 4. The van der Waals surface area contributed by atoms with Crippen molar-refractivity contribution in [3.8, 4) is 0 Å². The highest BCUT2D eigenvalue weighted by Crippen LogP contribution is 2.44. The third-order valence-electron chi connectivity index (χ3n) is 5.70. The van der Waals surface area contributed by atoms with E-state index in [1.165, 1.54) is 5.56 Å². The Hall–Kier alpha value is -2.76. The van der Waals surface area contributed by atoms with E-state index in [4.69, 9.17) is 9.40 Å². The summed E-state index contributed by atoms with van der Waals surface area (Å²) in [6.07, 6.45) is 5.99. The van der Waals surface area contributed by atoms with Crippen LogP contribution in [0.2, 0.25) is 0 Å². The number of likely N-dealkylation sites (tertiary alicyclic amines) is 1. The number of carbonyl (C=O) groups excluding carboxylic acids is 1. The number of oxazole rings is 1. The van der Waals surface area contributed by atoms with Gasteiger partial charge in [0.05, 0.1) is 5.69 Å². The Morgan fingerprint density at radius 1 is 1.23 bits per heavy atom. The van der Waals surface area contributed by atoms with Crippen LogP contribution < -0.4 is 0 Å². The van der Waals surface area contributed by atoms with Crippen LogP contribution in [0, 0.1) is 6.92 Å². The van der Waals surface area contributed by atoms with Crippen LogP contribution in [0.5, 0.6) is 0 Å². The van der Waals surface area contributed by atoms with Crippen molar-refractivity contribution in [3.05, 3.63) is 53.4 Å². The molecule has 6 heteroatoms. The number of piperidine rings is 1. The number of carbonyl (C=O) groups is 1. The normalized spacial score (nSPS) is 22.1. The first kappa shape index (κ1) is 15.5. The smallest absolute Gasteiger partial charge is 0.309 e. The van der Waals surface area contributed by atoms with Crippen LogP contribution in [0.3, 0.4) is 0 Å². The fraction of sp³-hybridized carbons (Fsp3) is 0.400. The molecule has 1 atom stereocenters. The number of hydrogen-bond donors (Lipinski definition) is 0. The van der Waals surface area contributed by atoms with Crippen LogP contribution in [-0.2, 0) is 11.8 Å². The molecule has 1 unspecified atom stereocenters. The number of aryl methyl sites for hydroxylation is 2. The van der Waals surface area contributed by atoms with E-state index in [1.807, 2.05) is 42.3 Å². The number of amides is 1. The Bertz CT molecular complexity index is 975.